The third-order valence-corrected chi connectivity index (χ3v) is 8.90. The summed E-state index contributed by atoms with van der Waals surface area (Å²) >= 11 is 1.37. The molecule has 34 heavy (non-hydrogen) atoms. The highest BCUT2D eigenvalue weighted by atomic mass is 32.2. The first kappa shape index (κ1) is 23.0. The van der Waals surface area contributed by atoms with Gasteiger partial charge in [0, 0.05) is 44.9 Å². The van der Waals surface area contributed by atoms with Gasteiger partial charge in [-0.25, -0.2) is 8.42 Å². The number of aryl methyl sites for hydroxylation is 1. The van der Waals surface area contributed by atoms with Crippen LogP contribution in [-0.4, -0.2) is 62.7 Å². The molecular weight excluding hydrogens is 478 g/mol. The first-order chi connectivity index (χ1) is 16.3. The molecule has 0 N–H and O–H groups in total. The normalized spacial score (nSPS) is 18.7. The topological polar surface area (TPSA) is 99.4 Å². The highest BCUT2D eigenvalue weighted by Gasteiger charge is 2.26. The first-order valence-corrected chi connectivity index (χ1v) is 13.2. The molecule has 0 saturated carbocycles. The lowest BCUT2D eigenvalue weighted by molar-refractivity contribution is 0.0979. The third-order valence-electron chi connectivity index (χ3n) is 5.96. The molecule has 1 fully saturated rings. The van der Waals surface area contributed by atoms with Gasteiger partial charge in [0.1, 0.15) is 13.2 Å². The van der Waals surface area contributed by atoms with Gasteiger partial charge in [-0.1, -0.05) is 11.3 Å². The smallest absolute Gasteiger partial charge is 0.279 e. The van der Waals surface area contributed by atoms with Crippen LogP contribution in [0.2, 0.25) is 0 Å². The zero-order valence-electron chi connectivity index (χ0n) is 18.9. The van der Waals surface area contributed by atoms with E-state index in [4.69, 9.17) is 14.2 Å². The largest absolute Gasteiger partial charge is 0.486 e. The zero-order chi connectivity index (χ0) is 23.9. The van der Waals surface area contributed by atoms with E-state index in [1.165, 1.54) is 39.9 Å². The van der Waals surface area contributed by atoms with E-state index in [1.54, 1.807) is 7.05 Å². The Bertz CT molecular complexity index is 1400. The maximum Gasteiger partial charge on any atom is 0.279 e. The number of likely N-dealkylation sites (N-methyl/N-ethyl adjacent to an activating group) is 1. The number of hydrogen-bond donors (Lipinski definition) is 0. The molecule has 0 spiro atoms. The minimum absolute atomic E-state index is 0.0786. The van der Waals surface area contributed by atoms with Crippen LogP contribution in [0.5, 0.6) is 11.5 Å². The fourth-order valence-corrected chi connectivity index (χ4v) is 6.27. The number of hydrogen-bond acceptors (Lipinski definition) is 7. The Balaban J connectivity index is 1.38. The molecule has 1 unspecified atom stereocenters. The van der Waals surface area contributed by atoms with Crippen LogP contribution in [0.4, 0.5) is 0 Å². The molecule has 2 aliphatic heterocycles. The van der Waals surface area contributed by atoms with Crippen molar-refractivity contribution in [2.24, 2.45) is 12.0 Å². The summed E-state index contributed by atoms with van der Waals surface area (Å²) in [6.45, 7) is 1.97. The van der Waals surface area contributed by atoms with Crippen LogP contribution in [0.1, 0.15) is 23.2 Å². The van der Waals surface area contributed by atoms with E-state index >= 15 is 0 Å². The van der Waals surface area contributed by atoms with Gasteiger partial charge in [-0.2, -0.15) is 9.30 Å². The zero-order valence-corrected chi connectivity index (χ0v) is 20.5. The van der Waals surface area contributed by atoms with Crippen LogP contribution < -0.4 is 14.3 Å². The summed E-state index contributed by atoms with van der Waals surface area (Å²) in [5, 5.41) is 0. The van der Waals surface area contributed by atoms with E-state index in [9.17, 15) is 13.2 Å². The molecule has 1 atom stereocenters. The van der Waals surface area contributed by atoms with Crippen molar-refractivity contribution in [2.45, 2.75) is 23.8 Å². The van der Waals surface area contributed by atoms with Crippen molar-refractivity contribution in [3.05, 3.63) is 46.8 Å². The van der Waals surface area contributed by atoms with E-state index < -0.39 is 15.9 Å². The van der Waals surface area contributed by atoms with E-state index in [0.29, 0.717) is 48.2 Å². The number of fused-ring (bicyclic) bond motifs is 2. The molecule has 1 amide bonds. The predicted molar refractivity (Wildman–Crippen MR) is 127 cm³/mol. The Kier molecular flexibility index (Phi) is 6.19. The molecule has 180 valence electrons. The second-order valence-corrected chi connectivity index (χ2v) is 11.3. The Morgan fingerprint density at radius 3 is 2.53 bits per heavy atom. The first-order valence-electron chi connectivity index (χ1n) is 11.0. The molecule has 5 rings (SSSR count). The Morgan fingerprint density at radius 1 is 1.15 bits per heavy atom. The van der Waals surface area contributed by atoms with E-state index in [-0.39, 0.29) is 11.0 Å². The lowest BCUT2D eigenvalue weighted by Gasteiger charge is -2.20. The molecule has 0 radical (unpaired) electrons. The molecule has 0 bridgehead atoms. The fourth-order valence-electron chi connectivity index (χ4n) is 4.05. The maximum atomic E-state index is 12.9. The Hall–Kier alpha value is -2.73. The molecule has 0 aliphatic carbocycles. The minimum atomic E-state index is -3.67. The van der Waals surface area contributed by atoms with Crippen LogP contribution in [0, 0.1) is 0 Å². The summed E-state index contributed by atoms with van der Waals surface area (Å²) in [6.07, 6.45) is 1.72. The number of thiazole rings is 1. The number of ether oxygens (including phenoxy) is 3. The van der Waals surface area contributed by atoms with Crippen molar-refractivity contribution in [1.82, 2.24) is 8.87 Å². The number of sulfonamides is 1. The Labute approximate surface area is 201 Å². The van der Waals surface area contributed by atoms with Gasteiger partial charge in [-0.05, 0) is 37.1 Å². The maximum absolute atomic E-state index is 12.9. The number of rotatable bonds is 5. The van der Waals surface area contributed by atoms with Gasteiger partial charge in [-0.3, -0.25) is 4.79 Å². The fraction of sp³-hybridized carbons (Fsp3) is 0.391. The van der Waals surface area contributed by atoms with Crippen LogP contribution in [0.25, 0.3) is 10.2 Å². The lowest BCUT2D eigenvalue weighted by Crippen LogP contribution is -2.34. The summed E-state index contributed by atoms with van der Waals surface area (Å²) in [6, 6.07) is 9.65. The monoisotopic (exact) mass is 503 g/mol. The van der Waals surface area contributed by atoms with Crippen LogP contribution in [0.3, 0.4) is 0 Å². The number of benzene rings is 2. The number of carbonyl (C=O) groups excluding carboxylic acids is 1. The van der Waals surface area contributed by atoms with Crippen molar-refractivity contribution in [1.29, 1.82) is 0 Å². The number of aromatic nitrogens is 1. The van der Waals surface area contributed by atoms with Gasteiger partial charge in [0.25, 0.3) is 5.91 Å². The van der Waals surface area contributed by atoms with Crippen molar-refractivity contribution in [3.8, 4) is 11.5 Å². The van der Waals surface area contributed by atoms with Gasteiger partial charge in [0.2, 0.25) is 10.0 Å². The highest BCUT2D eigenvalue weighted by molar-refractivity contribution is 7.89. The van der Waals surface area contributed by atoms with Gasteiger partial charge in [0.15, 0.2) is 16.3 Å². The van der Waals surface area contributed by atoms with E-state index in [0.717, 1.165) is 23.1 Å². The second-order valence-electron chi connectivity index (χ2n) is 8.27. The minimum Gasteiger partial charge on any atom is -0.486 e. The average molecular weight is 504 g/mol. The van der Waals surface area contributed by atoms with Gasteiger partial charge in [-0.15, -0.1) is 0 Å². The third kappa shape index (κ3) is 4.36. The van der Waals surface area contributed by atoms with E-state index in [1.807, 2.05) is 23.7 Å². The SMILES string of the molecule is CN(CC1CCCO1)S(=O)(=O)c1ccc(C(=O)N=c2sc3cc4c(cc3n2C)OCCO4)cc1. The van der Waals surface area contributed by atoms with E-state index in [2.05, 4.69) is 4.99 Å². The molecule has 2 aliphatic rings. The van der Waals surface area contributed by atoms with Crippen molar-refractivity contribution >= 4 is 37.5 Å². The molecule has 9 nitrogen and oxygen atoms in total. The second kappa shape index (κ2) is 9.14. The van der Waals surface area contributed by atoms with Gasteiger partial charge >= 0.3 is 0 Å². The summed E-state index contributed by atoms with van der Waals surface area (Å²) in [4.78, 5) is 17.7. The summed E-state index contributed by atoms with van der Waals surface area (Å²) < 4.78 is 46.7. The van der Waals surface area contributed by atoms with Crippen molar-refractivity contribution in [2.75, 3.05) is 33.4 Å². The standard InChI is InChI=1S/C23H25N3O6S2/c1-25(14-16-4-3-9-30-16)34(28,29)17-7-5-15(6-8-17)22(27)24-23-26(2)18-12-19-20(13-21(18)33-23)32-11-10-31-19/h5-8,12-13,16H,3-4,9-11,14H2,1-2H3. The summed E-state index contributed by atoms with van der Waals surface area (Å²) in [7, 11) is -0.298. The molecule has 1 aromatic heterocycles. The molecule has 3 aromatic rings. The van der Waals surface area contributed by atoms with Crippen LogP contribution in [-0.2, 0) is 21.8 Å². The van der Waals surface area contributed by atoms with Gasteiger partial charge < -0.3 is 18.8 Å². The molecule has 2 aromatic carbocycles. The lowest BCUT2D eigenvalue weighted by atomic mass is 10.2. The van der Waals surface area contributed by atoms with Crippen LogP contribution >= 0.6 is 11.3 Å². The van der Waals surface area contributed by atoms with Crippen molar-refractivity contribution in [3.63, 3.8) is 0 Å². The molecule has 11 heteroatoms. The number of carbonyl (C=O) groups is 1. The summed E-state index contributed by atoms with van der Waals surface area (Å²) in [5.41, 5.74) is 1.20. The summed E-state index contributed by atoms with van der Waals surface area (Å²) in [5.74, 6) is 0.905. The number of nitrogens with zero attached hydrogens (tertiary/aromatic N) is 3. The number of amides is 1. The molecule has 3 heterocycles. The van der Waals surface area contributed by atoms with Crippen LogP contribution in [0.15, 0.2) is 46.3 Å². The van der Waals surface area contributed by atoms with Crippen molar-refractivity contribution < 1.29 is 27.4 Å². The highest BCUT2D eigenvalue weighted by Crippen LogP contribution is 2.35. The van der Waals surface area contributed by atoms with Gasteiger partial charge in [0.05, 0.1) is 21.2 Å². The average Bonchev–Trinajstić information content (AvgIpc) is 3.45. The molecule has 1 saturated heterocycles. The Morgan fingerprint density at radius 2 is 1.85 bits per heavy atom. The predicted octanol–water partition coefficient (Wildman–Crippen LogP) is 2.55. The quantitative estimate of drug-likeness (QED) is 0.531. The molecular formula is C23H25N3O6S2.